The van der Waals surface area contributed by atoms with E-state index >= 15 is 0 Å². The molecule has 206 valence electrons. The van der Waals surface area contributed by atoms with Crippen molar-refractivity contribution in [1.82, 2.24) is 20.0 Å². The maximum atomic E-state index is 13.4. The largest absolute Gasteiger partial charge is 0.497 e. The first-order chi connectivity index (χ1) is 18.9. The second kappa shape index (κ2) is 12.6. The molecular formula is C30H36N4O5. The predicted octanol–water partition coefficient (Wildman–Crippen LogP) is 3.53. The van der Waals surface area contributed by atoms with Crippen molar-refractivity contribution in [2.75, 3.05) is 53.0 Å². The van der Waals surface area contributed by atoms with Crippen molar-refractivity contribution in [2.24, 2.45) is 0 Å². The minimum absolute atomic E-state index is 0.0336. The maximum Gasteiger partial charge on any atom is 0.338 e. The number of carbonyl (C=O) groups excluding carboxylic acids is 3. The minimum atomic E-state index is -0.633. The summed E-state index contributed by atoms with van der Waals surface area (Å²) < 4.78 is 10.7. The summed E-state index contributed by atoms with van der Waals surface area (Å²) >= 11 is 0. The molecule has 2 aliphatic rings. The maximum absolute atomic E-state index is 13.4. The van der Waals surface area contributed by atoms with E-state index in [1.54, 1.807) is 49.3 Å². The molecule has 39 heavy (non-hydrogen) atoms. The van der Waals surface area contributed by atoms with Gasteiger partial charge in [0.2, 0.25) is 0 Å². The second-order valence-corrected chi connectivity index (χ2v) is 9.52. The average Bonchev–Trinajstić information content (AvgIpc) is 2.95. The second-order valence-electron chi connectivity index (χ2n) is 9.52. The first kappa shape index (κ1) is 27.9. The van der Waals surface area contributed by atoms with Gasteiger partial charge in [-0.05, 0) is 49.2 Å². The quantitative estimate of drug-likeness (QED) is 0.393. The van der Waals surface area contributed by atoms with Gasteiger partial charge in [-0.15, -0.1) is 6.58 Å². The summed E-state index contributed by atoms with van der Waals surface area (Å²) in [5, 5.41) is 3.01. The Balaban J connectivity index is 1.60. The third-order valence-electron chi connectivity index (χ3n) is 7.11. The topological polar surface area (TPSA) is 91.4 Å². The molecule has 3 amide bonds. The Labute approximate surface area is 229 Å². The van der Waals surface area contributed by atoms with Gasteiger partial charge in [0.05, 0.1) is 25.3 Å². The lowest BCUT2D eigenvalue weighted by molar-refractivity contribution is -0.139. The molecule has 1 atom stereocenters. The summed E-state index contributed by atoms with van der Waals surface area (Å²) in [6.45, 7) is 10.6. The van der Waals surface area contributed by atoms with Crippen molar-refractivity contribution < 1.29 is 23.9 Å². The number of nitrogens with one attached hydrogen (secondary N) is 1. The van der Waals surface area contributed by atoms with E-state index in [4.69, 9.17) is 9.47 Å². The number of aryl methyl sites for hydroxylation is 1. The smallest absolute Gasteiger partial charge is 0.338 e. The number of rotatable bonds is 9. The number of hydrogen-bond acceptors (Lipinski definition) is 6. The van der Waals surface area contributed by atoms with Crippen LogP contribution in [0.25, 0.3) is 0 Å². The fraction of sp³-hybridized carbons (Fsp3) is 0.367. The SMILES string of the molecule is C=CCN1C(=O)NC(c2ccccc2C)C(C(=O)OCC)=C1CN1CCN(C(=O)c2ccc(OC)cc2)CC1. The standard InChI is InChI=1S/C30H36N4O5/c1-5-15-34-25(20-32-16-18-33(19-17-32)28(35)22-11-13-23(38-4)14-12-22)26(29(36)39-6-2)27(31-30(34)37)24-10-8-7-9-21(24)3/h5,7-14,27H,1,6,15-20H2,2-4H3,(H,31,37). The normalized spacial score (nSPS) is 18.0. The molecule has 9 nitrogen and oxygen atoms in total. The van der Waals surface area contributed by atoms with Crippen LogP contribution in [0.3, 0.4) is 0 Å². The lowest BCUT2D eigenvalue weighted by Gasteiger charge is -2.40. The van der Waals surface area contributed by atoms with Gasteiger partial charge in [0.25, 0.3) is 5.91 Å². The molecule has 2 aliphatic heterocycles. The van der Waals surface area contributed by atoms with E-state index in [0.29, 0.717) is 55.3 Å². The molecule has 0 aliphatic carbocycles. The zero-order chi connectivity index (χ0) is 27.9. The van der Waals surface area contributed by atoms with Crippen molar-refractivity contribution in [2.45, 2.75) is 19.9 Å². The first-order valence-electron chi connectivity index (χ1n) is 13.2. The highest BCUT2D eigenvalue weighted by molar-refractivity contribution is 5.96. The third kappa shape index (κ3) is 6.15. The van der Waals surface area contributed by atoms with Crippen LogP contribution in [0.1, 0.15) is 34.5 Å². The van der Waals surface area contributed by atoms with Gasteiger partial charge in [0.15, 0.2) is 0 Å². The number of ether oxygens (including phenoxy) is 2. The number of hydrogen-bond donors (Lipinski definition) is 1. The minimum Gasteiger partial charge on any atom is -0.497 e. The van der Waals surface area contributed by atoms with Crippen molar-refractivity contribution in [3.05, 3.63) is 89.1 Å². The third-order valence-corrected chi connectivity index (χ3v) is 7.11. The van der Waals surface area contributed by atoms with Crippen LogP contribution in [0.4, 0.5) is 4.79 Å². The van der Waals surface area contributed by atoms with Crippen LogP contribution in [-0.2, 0) is 9.53 Å². The van der Waals surface area contributed by atoms with E-state index in [1.807, 2.05) is 36.1 Å². The summed E-state index contributed by atoms with van der Waals surface area (Å²) in [5.74, 6) is 0.212. The summed E-state index contributed by atoms with van der Waals surface area (Å²) in [4.78, 5) is 45.3. The number of benzene rings is 2. The van der Waals surface area contributed by atoms with Crippen LogP contribution >= 0.6 is 0 Å². The summed E-state index contributed by atoms with van der Waals surface area (Å²) in [7, 11) is 1.59. The number of piperazine rings is 1. The highest BCUT2D eigenvalue weighted by atomic mass is 16.5. The summed E-state index contributed by atoms with van der Waals surface area (Å²) in [6.07, 6.45) is 1.64. The van der Waals surface area contributed by atoms with Gasteiger partial charge in [-0.1, -0.05) is 30.3 Å². The monoisotopic (exact) mass is 532 g/mol. The van der Waals surface area contributed by atoms with Crippen LogP contribution in [-0.4, -0.2) is 85.6 Å². The molecule has 1 unspecified atom stereocenters. The Morgan fingerprint density at radius 1 is 1.08 bits per heavy atom. The Morgan fingerprint density at radius 3 is 2.38 bits per heavy atom. The highest BCUT2D eigenvalue weighted by Gasteiger charge is 2.39. The van der Waals surface area contributed by atoms with Crippen molar-refractivity contribution in [3.8, 4) is 5.75 Å². The molecule has 1 fully saturated rings. The lowest BCUT2D eigenvalue weighted by atomic mass is 9.91. The molecule has 2 aromatic carbocycles. The molecule has 9 heteroatoms. The van der Waals surface area contributed by atoms with Crippen LogP contribution in [0, 0.1) is 6.92 Å². The number of carbonyl (C=O) groups is 3. The zero-order valence-corrected chi connectivity index (χ0v) is 22.8. The Kier molecular flexibility index (Phi) is 9.03. The average molecular weight is 533 g/mol. The molecule has 0 radical (unpaired) electrons. The van der Waals surface area contributed by atoms with Gasteiger partial charge in [-0.3, -0.25) is 14.6 Å². The molecule has 4 rings (SSSR count). The molecule has 1 N–H and O–H groups in total. The molecule has 0 saturated carbocycles. The van der Waals surface area contributed by atoms with Gasteiger partial charge in [-0.25, -0.2) is 9.59 Å². The van der Waals surface area contributed by atoms with E-state index in [-0.39, 0.29) is 25.1 Å². The highest BCUT2D eigenvalue weighted by Crippen LogP contribution is 2.33. The zero-order valence-electron chi connectivity index (χ0n) is 22.8. The summed E-state index contributed by atoms with van der Waals surface area (Å²) in [6, 6.07) is 13.9. The van der Waals surface area contributed by atoms with Crippen molar-refractivity contribution >= 4 is 17.9 Å². The Hall–Kier alpha value is -4.11. The fourth-order valence-corrected chi connectivity index (χ4v) is 5.03. The van der Waals surface area contributed by atoms with Gasteiger partial charge in [0.1, 0.15) is 5.75 Å². The molecular weight excluding hydrogens is 496 g/mol. The van der Waals surface area contributed by atoms with Crippen LogP contribution in [0.2, 0.25) is 0 Å². The number of amides is 3. The predicted molar refractivity (Wildman–Crippen MR) is 148 cm³/mol. The molecule has 0 aromatic heterocycles. The van der Waals surface area contributed by atoms with Gasteiger partial charge in [-0.2, -0.15) is 0 Å². The van der Waals surface area contributed by atoms with Gasteiger partial charge >= 0.3 is 12.0 Å². The summed E-state index contributed by atoms with van der Waals surface area (Å²) in [5.41, 5.74) is 3.44. The molecule has 2 aromatic rings. The number of nitrogens with zero attached hydrogens (tertiary/aromatic N) is 3. The van der Waals surface area contributed by atoms with Gasteiger partial charge < -0.3 is 19.7 Å². The van der Waals surface area contributed by atoms with Crippen molar-refractivity contribution in [1.29, 1.82) is 0 Å². The van der Waals surface area contributed by atoms with E-state index in [1.165, 1.54) is 0 Å². The van der Waals surface area contributed by atoms with E-state index in [9.17, 15) is 14.4 Å². The number of urea groups is 1. The molecule has 0 bridgehead atoms. The van der Waals surface area contributed by atoms with Gasteiger partial charge in [0, 0.05) is 50.5 Å². The van der Waals surface area contributed by atoms with E-state index in [2.05, 4.69) is 16.8 Å². The molecule has 1 saturated heterocycles. The van der Waals surface area contributed by atoms with Crippen molar-refractivity contribution in [3.63, 3.8) is 0 Å². The molecule has 0 spiro atoms. The number of methoxy groups -OCH3 is 1. The van der Waals surface area contributed by atoms with Crippen LogP contribution in [0.5, 0.6) is 5.75 Å². The molecule has 2 heterocycles. The fourth-order valence-electron chi connectivity index (χ4n) is 5.03. The van der Waals surface area contributed by atoms with Crippen LogP contribution in [0.15, 0.2) is 72.5 Å². The lowest BCUT2D eigenvalue weighted by Crippen LogP contribution is -2.54. The number of esters is 1. The van der Waals surface area contributed by atoms with E-state index in [0.717, 1.165) is 11.1 Å². The first-order valence-corrected chi connectivity index (χ1v) is 13.2. The van der Waals surface area contributed by atoms with E-state index < -0.39 is 12.0 Å². The van der Waals surface area contributed by atoms with Crippen LogP contribution < -0.4 is 10.1 Å². The Bertz CT molecular complexity index is 1250. The Morgan fingerprint density at radius 2 is 1.77 bits per heavy atom.